The van der Waals surface area contributed by atoms with Gasteiger partial charge >= 0.3 is 0 Å². The Labute approximate surface area is 181 Å². The number of nitrogens with zero attached hydrogens (tertiary/aromatic N) is 2. The highest BCUT2D eigenvalue weighted by molar-refractivity contribution is 8.00. The largest absolute Gasteiger partial charge is 0.451 e. The minimum atomic E-state index is -0.270. The third kappa shape index (κ3) is 3.58. The van der Waals surface area contributed by atoms with Crippen molar-refractivity contribution in [3.63, 3.8) is 0 Å². The van der Waals surface area contributed by atoms with Crippen LogP contribution in [0.15, 0.2) is 74.9 Å². The van der Waals surface area contributed by atoms with Crippen LogP contribution >= 0.6 is 23.1 Å². The Hall–Kier alpha value is -3.16. The minimum absolute atomic E-state index is 0.270. The number of thioether (sulfide) groups is 1. The highest BCUT2D eigenvalue weighted by atomic mass is 32.2. The molecule has 0 unspecified atom stereocenters. The molecule has 0 spiro atoms. The lowest BCUT2D eigenvalue weighted by Gasteiger charge is -2.08. The Bertz CT molecular complexity index is 1370. The van der Waals surface area contributed by atoms with Gasteiger partial charge in [0, 0.05) is 39.4 Å². The second-order valence-corrected chi connectivity index (χ2v) is 8.86. The number of fused-ring (bicyclic) bond motifs is 2. The fourth-order valence-electron chi connectivity index (χ4n) is 3.35. The molecule has 0 fully saturated rings. The summed E-state index contributed by atoms with van der Waals surface area (Å²) in [5.74, 6) is 0.662. The number of amides is 1. The zero-order chi connectivity index (χ0) is 20.5. The number of thiazole rings is 1. The van der Waals surface area contributed by atoms with Crippen LogP contribution in [0, 0.1) is 6.92 Å². The van der Waals surface area contributed by atoms with Gasteiger partial charge in [-0.25, -0.2) is 4.98 Å². The van der Waals surface area contributed by atoms with Gasteiger partial charge in [0.25, 0.3) is 5.91 Å². The number of carbonyl (C=O) groups is 1. The van der Waals surface area contributed by atoms with Crippen molar-refractivity contribution in [3.8, 4) is 0 Å². The van der Waals surface area contributed by atoms with E-state index in [9.17, 15) is 4.79 Å². The third-order valence-electron chi connectivity index (χ3n) is 4.74. The number of carbonyl (C=O) groups excluding carboxylic acids is 1. The van der Waals surface area contributed by atoms with E-state index in [1.807, 2.05) is 66.9 Å². The number of hydrogen-bond donors (Lipinski definition) is 1. The van der Waals surface area contributed by atoms with E-state index in [4.69, 9.17) is 4.42 Å². The zero-order valence-corrected chi connectivity index (χ0v) is 17.7. The normalized spacial score (nSPS) is 11.2. The van der Waals surface area contributed by atoms with Crippen LogP contribution in [0.5, 0.6) is 0 Å². The van der Waals surface area contributed by atoms with E-state index in [0.29, 0.717) is 22.8 Å². The molecule has 3 aromatic heterocycles. The average molecular weight is 432 g/mol. The minimum Gasteiger partial charge on any atom is -0.451 e. The van der Waals surface area contributed by atoms with Crippen molar-refractivity contribution in [3.05, 3.63) is 83.2 Å². The van der Waals surface area contributed by atoms with Gasteiger partial charge in [-0.2, -0.15) is 0 Å². The summed E-state index contributed by atoms with van der Waals surface area (Å²) >= 11 is 3.22. The molecule has 148 valence electrons. The van der Waals surface area contributed by atoms with Crippen LogP contribution in [0.3, 0.4) is 0 Å². The molecule has 0 bridgehead atoms. The predicted molar refractivity (Wildman–Crippen MR) is 122 cm³/mol. The number of aromatic nitrogens is 2. The summed E-state index contributed by atoms with van der Waals surface area (Å²) in [6.45, 7) is 1.98. The summed E-state index contributed by atoms with van der Waals surface area (Å²) in [6, 6.07) is 17.2. The summed E-state index contributed by atoms with van der Waals surface area (Å²) in [5.41, 5.74) is 4.12. The lowest BCUT2D eigenvalue weighted by Crippen LogP contribution is -2.13. The quantitative estimate of drug-likeness (QED) is 0.331. The van der Waals surface area contributed by atoms with E-state index in [1.54, 1.807) is 29.3 Å². The van der Waals surface area contributed by atoms with Crippen molar-refractivity contribution in [2.24, 2.45) is 0 Å². The second-order valence-electron chi connectivity index (χ2n) is 6.78. The van der Waals surface area contributed by atoms with Crippen LogP contribution in [0.4, 0.5) is 5.69 Å². The number of nitrogens with one attached hydrogen (secondary N) is 1. The topological polar surface area (TPSA) is 68.0 Å². The first-order valence-corrected chi connectivity index (χ1v) is 11.3. The predicted octanol–water partition coefficient (Wildman–Crippen LogP) is 6.29. The molecule has 5 aromatic rings. The highest BCUT2D eigenvalue weighted by Crippen LogP contribution is 2.34. The molecule has 0 aliphatic heterocycles. The molecule has 1 amide bonds. The number of furan rings is 1. The first-order chi connectivity index (χ1) is 14.7. The lowest BCUT2D eigenvalue weighted by atomic mass is 10.1. The molecule has 5 rings (SSSR count). The van der Waals surface area contributed by atoms with Crippen LogP contribution in [0.2, 0.25) is 0 Å². The molecule has 30 heavy (non-hydrogen) atoms. The fourth-order valence-corrected chi connectivity index (χ4v) is 5.23. The van der Waals surface area contributed by atoms with Crippen LogP contribution in [0.25, 0.3) is 21.9 Å². The average Bonchev–Trinajstić information content (AvgIpc) is 3.35. The molecule has 0 atom stereocenters. The van der Waals surface area contributed by atoms with Gasteiger partial charge in [-0.05, 0) is 37.3 Å². The van der Waals surface area contributed by atoms with Gasteiger partial charge in [-0.15, -0.1) is 11.3 Å². The maximum absolute atomic E-state index is 13.2. The van der Waals surface area contributed by atoms with Crippen molar-refractivity contribution in [1.82, 2.24) is 9.97 Å². The summed E-state index contributed by atoms with van der Waals surface area (Å²) in [7, 11) is 0. The number of anilines is 1. The number of benzene rings is 2. The lowest BCUT2D eigenvalue weighted by molar-refractivity contribution is 0.0998. The highest BCUT2D eigenvalue weighted by Gasteiger charge is 2.21. The van der Waals surface area contributed by atoms with E-state index < -0.39 is 0 Å². The molecular weight excluding hydrogens is 414 g/mol. The smallest absolute Gasteiger partial charge is 0.291 e. The Kier molecular flexibility index (Phi) is 4.98. The van der Waals surface area contributed by atoms with E-state index >= 15 is 0 Å². The van der Waals surface area contributed by atoms with E-state index in [2.05, 4.69) is 15.3 Å². The second kappa shape index (κ2) is 7.93. The van der Waals surface area contributed by atoms with Gasteiger partial charge < -0.3 is 9.73 Å². The molecule has 0 radical (unpaired) electrons. The molecule has 3 heterocycles. The van der Waals surface area contributed by atoms with Crippen LogP contribution in [-0.2, 0) is 5.75 Å². The summed E-state index contributed by atoms with van der Waals surface area (Å²) in [5, 5.41) is 6.87. The molecule has 0 saturated heterocycles. The molecular formula is C23H17N3O2S2. The van der Waals surface area contributed by atoms with Crippen molar-refractivity contribution < 1.29 is 9.21 Å². The number of pyridine rings is 1. The van der Waals surface area contributed by atoms with Gasteiger partial charge in [0.05, 0.1) is 11.2 Å². The number of hydrogen-bond acceptors (Lipinski definition) is 6. The van der Waals surface area contributed by atoms with Crippen molar-refractivity contribution in [2.75, 3.05) is 5.32 Å². The van der Waals surface area contributed by atoms with Gasteiger partial charge in [-0.3, -0.25) is 9.78 Å². The van der Waals surface area contributed by atoms with E-state index in [0.717, 1.165) is 31.9 Å². The first kappa shape index (κ1) is 18.8. The van der Waals surface area contributed by atoms with Crippen LogP contribution in [0.1, 0.15) is 21.8 Å². The van der Waals surface area contributed by atoms with Crippen molar-refractivity contribution in [2.45, 2.75) is 17.0 Å². The van der Waals surface area contributed by atoms with Gasteiger partial charge in [0.1, 0.15) is 9.92 Å². The number of aryl methyl sites for hydroxylation is 1. The van der Waals surface area contributed by atoms with Crippen LogP contribution in [-0.4, -0.2) is 15.9 Å². The molecule has 0 aliphatic rings. The van der Waals surface area contributed by atoms with E-state index in [-0.39, 0.29) is 5.91 Å². The number of rotatable bonds is 5. The van der Waals surface area contributed by atoms with Gasteiger partial charge in [-0.1, -0.05) is 36.0 Å². The van der Waals surface area contributed by atoms with E-state index in [1.165, 1.54) is 0 Å². The van der Waals surface area contributed by atoms with Crippen molar-refractivity contribution >= 4 is 56.6 Å². The van der Waals surface area contributed by atoms with Gasteiger partial charge in [0.2, 0.25) is 0 Å². The Balaban J connectivity index is 1.50. The fraction of sp³-hybridized carbons (Fsp3) is 0.0870. The van der Waals surface area contributed by atoms with Crippen LogP contribution < -0.4 is 5.32 Å². The zero-order valence-electron chi connectivity index (χ0n) is 16.1. The Morgan fingerprint density at radius 1 is 1.10 bits per heavy atom. The number of para-hydroxylation sites is 1. The first-order valence-electron chi connectivity index (χ1n) is 9.39. The summed E-state index contributed by atoms with van der Waals surface area (Å²) in [4.78, 5) is 22.1. The van der Waals surface area contributed by atoms with Gasteiger partial charge in [0.15, 0.2) is 5.76 Å². The molecule has 0 saturated carbocycles. The third-order valence-corrected chi connectivity index (χ3v) is 6.90. The molecule has 7 heteroatoms. The maximum Gasteiger partial charge on any atom is 0.291 e. The molecule has 2 aromatic carbocycles. The van der Waals surface area contributed by atoms with Crippen molar-refractivity contribution in [1.29, 1.82) is 0 Å². The SMILES string of the molecule is Cc1csc(SCc2c(C(=O)Nc3cccc4ncccc34)oc3ccccc23)n1. The standard InChI is InChI=1S/C23H17N3O2S2/c1-14-12-29-23(25-14)30-13-17-15-6-2-3-10-20(15)28-21(17)22(27)26-19-9-4-8-18-16(19)7-5-11-24-18/h2-12H,13H2,1H3,(H,26,27). The monoisotopic (exact) mass is 431 g/mol. The Morgan fingerprint density at radius 3 is 2.83 bits per heavy atom. The molecule has 5 nitrogen and oxygen atoms in total. The molecule has 1 N–H and O–H groups in total. The Morgan fingerprint density at radius 2 is 1.97 bits per heavy atom. The summed E-state index contributed by atoms with van der Waals surface area (Å²) < 4.78 is 6.96. The maximum atomic E-state index is 13.2. The summed E-state index contributed by atoms with van der Waals surface area (Å²) in [6.07, 6.45) is 1.74. The molecule has 0 aliphatic carbocycles.